The smallest absolute Gasteiger partial charge is 0.236 e. The van der Waals surface area contributed by atoms with Crippen molar-refractivity contribution in [3.05, 3.63) is 0 Å². The minimum absolute atomic E-state index is 0.0305. The zero-order chi connectivity index (χ0) is 11.8. The van der Waals surface area contributed by atoms with Crippen LogP contribution in [0.2, 0.25) is 0 Å². The number of ketones is 1. The summed E-state index contributed by atoms with van der Waals surface area (Å²) >= 11 is 0. The molecule has 0 aliphatic rings. The highest BCUT2D eigenvalue weighted by Gasteiger charge is 2.11. The number of carbonyl (C=O) groups is 2. The highest BCUT2D eigenvalue weighted by molar-refractivity contribution is 5.83. The van der Waals surface area contributed by atoms with Gasteiger partial charge in [0.25, 0.3) is 0 Å². The van der Waals surface area contributed by atoms with Crippen LogP contribution in [0, 0.1) is 0 Å². The normalized spacial score (nSPS) is 12.6. The number of amides is 1. The first kappa shape index (κ1) is 14.1. The average Bonchev–Trinajstić information content (AvgIpc) is 2.13. The van der Waals surface area contributed by atoms with E-state index < -0.39 is 0 Å². The van der Waals surface area contributed by atoms with Crippen molar-refractivity contribution < 1.29 is 9.59 Å². The molecule has 0 aliphatic carbocycles. The van der Waals surface area contributed by atoms with Gasteiger partial charge >= 0.3 is 0 Å². The molecule has 0 unspecified atom stereocenters. The van der Waals surface area contributed by atoms with E-state index in [4.69, 9.17) is 0 Å². The van der Waals surface area contributed by atoms with E-state index in [9.17, 15) is 9.59 Å². The van der Waals surface area contributed by atoms with E-state index in [0.717, 1.165) is 6.54 Å². The lowest BCUT2D eigenvalue weighted by Crippen LogP contribution is -2.45. The molecule has 0 saturated carbocycles. The lowest BCUT2D eigenvalue weighted by atomic mass is 10.3. The molecule has 0 aromatic carbocycles. The Morgan fingerprint density at radius 2 is 1.93 bits per heavy atom. The van der Waals surface area contributed by atoms with Gasteiger partial charge in [-0.25, -0.2) is 0 Å². The Kier molecular flexibility index (Phi) is 6.90. The van der Waals surface area contributed by atoms with Crippen molar-refractivity contribution in [3.63, 3.8) is 0 Å². The zero-order valence-corrected chi connectivity index (χ0v) is 9.96. The molecule has 0 heterocycles. The summed E-state index contributed by atoms with van der Waals surface area (Å²) in [5.74, 6) is -0.0407. The molecule has 2 N–H and O–H groups in total. The molecular weight excluding hydrogens is 194 g/mol. The molecule has 0 radical (unpaired) electrons. The van der Waals surface area contributed by atoms with E-state index in [2.05, 4.69) is 10.6 Å². The summed E-state index contributed by atoms with van der Waals surface area (Å²) in [6.07, 6.45) is 0. The second-order valence-corrected chi connectivity index (χ2v) is 3.90. The molecule has 15 heavy (non-hydrogen) atoms. The van der Waals surface area contributed by atoms with Crippen LogP contribution in [0.4, 0.5) is 0 Å². The molecule has 0 spiro atoms. The van der Waals surface area contributed by atoms with E-state index in [1.165, 1.54) is 6.92 Å². The topological polar surface area (TPSA) is 61.4 Å². The minimum atomic E-state index is -0.323. The summed E-state index contributed by atoms with van der Waals surface area (Å²) in [5, 5.41) is 5.63. The van der Waals surface area contributed by atoms with Crippen molar-refractivity contribution in [3.8, 4) is 0 Å². The number of nitrogens with zero attached hydrogens (tertiary/aromatic N) is 1. The summed E-state index contributed by atoms with van der Waals surface area (Å²) in [5.41, 5.74) is 0. The molecule has 5 nitrogen and oxygen atoms in total. The van der Waals surface area contributed by atoms with Gasteiger partial charge in [-0.3, -0.25) is 14.9 Å². The molecule has 0 aromatic rings. The maximum atomic E-state index is 11.4. The van der Waals surface area contributed by atoms with Crippen LogP contribution in [0.25, 0.3) is 0 Å². The molecule has 5 heteroatoms. The number of carbonyl (C=O) groups excluding carboxylic acids is 2. The third kappa shape index (κ3) is 8.08. The first-order chi connectivity index (χ1) is 6.93. The Bertz CT molecular complexity index is 217. The maximum Gasteiger partial charge on any atom is 0.236 e. The van der Waals surface area contributed by atoms with Crippen molar-refractivity contribution in [2.24, 2.45) is 0 Å². The number of Topliss-reactive ketones (excluding diaryl/α,β-unsaturated/α-hetero) is 1. The van der Waals surface area contributed by atoms with E-state index in [1.807, 2.05) is 19.0 Å². The molecule has 0 rings (SSSR count). The molecular formula is C10H21N3O2. The van der Waals surface area contributed by atoms with Crippen molar-refractivity contribution in [1.29, 1.82) is 0 Å². The lowest BCUT2D eigenvalue weighted by molar-refractivity contribution is -0.123. The summed E-state index contributed by atoms with van der Waals surface area (Å²) in [7, 11) is 3.90. The lowest BCUT2D eigenvalue weighted by Gasteiger charge is -2.14. The molecule has 0 bridgehead atoms. The Hall–Kier alpha value is -0.940. The van der Waals surface area contributed by atoms with Crippen LogP contribution >= 0.6 is 0 Å². The summed E-state index contributed by atoms with van der Waals surface area (Å²) < 4.78 is 0. The molecule has 1 atom stereocenters. The third-order valence-electron chi connectivity index (χ3n) is 1.91. The fourth-order valence-electron chi connectivity index (χ4n) is 0.945. The van der Waals surface area contributed by atoms with Gasteiger partial charge in [-0.2, -0.15) is 0 Å². The molecule has 0 aliphatic heterocycles. The standard InChI is InChI=1S/C10H21N3O2/c1-8(14)7-12-9(2)10(15)11-5-6-13(3)4/h9,12H,5-7H2,1-4H3,(H,11,15)/t9-/m0/s1. The third-order valence-corrected chi connectivity index (χ3v) is 1.91. The average molecular weight is 215 g/mol. The SMILES string of the molecule is CC(=O)CN[C@@H](C)C(=O)NCCN(C)C. The number of hydrogen-bond acceptors (Lipinski definition) is 4. The van der Waals surface area contributed by atoms with Gasteiger partial charge in [0.05, 0.1) is 12.6 Å². The van der Waals surface area contributed by atoms with E-state index >= 15 is 0 Å². The van der Waals surface area contributed by atoms with Crippen LogP contribution in [0.1, 0.15) is 13.8 Å². The van der Waals surface area contributed by atoms with Crippen LogP contribution in [0.3, 0.4) is 0 Å². The highest BCUT2D eigenvalue weighted by atomic mass is 16.2. The maximum absolute atomic E-state index is 11.4. The number of nitrogens with one attached hydrogen (secondary N) is 2. The second-order valence-electron chi connectivity index (χ2n) is 3.90. The predicted octanol–water partition coefficient (Wildman–Crippen LogP) is -0.769. The number of hydrogen-bond donors (Lipinski definition) is 2. The van der Waals surface area contributed by atoms with Crippen LogP contribution in [-0.2, 0) is 9.59 Å². The predicted molar refractivity (Wildman–Crippen MR) is 59.7 cm³/mol. The molecule has 0 saturated heterocycles. The van der Waals surface area contributed by atoms with Crippen molar-refractivity contribution in [2.45, 2.75) is 19.9 Å². The van der Waals surface area contributed by atoms with Crippen molar-refractivity contribution in [1.82, 2.24) is 15.5 Å². The monoisotopic (exact) mass is 215 g/mol. The van der Waals surface area contributed by atoms with Gasteiger partial charge in [-0.15, -0.1) is 0 Å². The van der Waals surface area contributed by atoms with Crippen LogP contribution in [0.15, 0.2) is 0 Å². The molecule has 1 amide bonds. The van der Waals surface area contributed by atoms with E-state index in [-0.39, 0.29) is 24.3 Å². The first-order valence-electron chi connectivity index (χ1n) is 5.08. The fraction of sp³-hybridized carbons (Fsp3) is 0.800. The van der Waals surface area contributed by atoms with Gasteiger partial charge < -0.3 is 10.2 Å². The van der Waals surface area contributed by atoms with Gasteiger partial charge in [0.1, 0.15) is 5.78 Å². The first-order valence-corrected chi connectivity index (χ1v) is 5.08. The van der Waals surface area contributed by atoms with Crippen molar-refractivity contribution in [2.75, 3.05) is 33.7 Å². The zero-order valence-electron chi connectivity index (χ0n) is 9.96. The molecule has 0 fully saturated rings. The van der Waals surface area contributed by atoms with E-state index in [1.54, 1.807) is 6.92 Å². The Balaban J connectivity index is 3.64. The fourth-order valence-corrected chi connectivity index (χ4v) is 0.945. The number of likely N-dealkylation sites (N-methyl/N-ethyl adjacent to an activating group) is 1. The van der Waals surface area contributed by atoms with Gasteiger partial charge in [-0.1, -0.05) is 0 Å². The van der Waals surface area contributed by atoms with Crippen LogP contribution in [-0.4, -0.2) is 56.4 Å². The van der Waals surface area contributed by atoms with Crippen LogP contribution < -0.4 is 10.6 Å². The summed E-state index contributed by atoms with van der Waals surface area (Å²) in [4.78, 5) is 24.1. The number of rotatable bonds is 7. The molecule has 0 aromatic heterocycles. The van der Waals surface area contributed by atoms with Crippen LogP contribution in [0.5, 0.6) is 0 Å². The quantitative estimate of drug-likeness (QED) is 0.585. The molecule has 88 valence electrons. The summed E-state index contributed by atoms with van der Waals surface area (Å²) in [6.45, 7) is 4.91. The van der Waals surface area contributed by atoms with Crippen molar-refractivity contribution >= 4 is 11.7 Å². The second kappa shape index (κ2) is 7.36. The van der Waals surface area contributed by atoms with Gasteiger partial charge in [0, 0.05) is 13.1 Å². The van der Waals surface area contributed by atoms with Gasteiger partial charge in [0.2, 0.25) is 5.91 Å². The summed E-state index contributed by atoms with van der Waals surface area (Å²) in [6, 6.07) is -0.323. The van der Waals surface area contributed by atoms with Gasteiger partial charge in [0.15, 0.2) is 0 Å². The largest absolute Gasteiger partial charge is 0.353 e. The Morgan fingerprint density at radius 1 is 1.33 bits per heavy atom. The Labute approximate surface area is 91.2 Å². The van der Waals surface area contributed by atoms with Gasteiger partial charge in [-0.05, 0) is 27.9 Å². The van der Waals surface area contributed by atoms with E-state index in [0.29, 0.717) is 6.54 Å². The highest BCUT2D eigenvalue weighted by Crippen LogP contribution is 1.82. The Morgan fingerprint density at radius 3 is 2.40 bits per heavy atom. The minimum Gasteiger partial charge on any atom is -0.353 e.